The molecular weight excluding hydrogens is 338 g/mol. The molecule has 8 heteroatoms. The minimum Gasteiger partial charge on any atom is -0.357 e. The standard InChI is InChI=1S/C13H14BrN5O2/c1-15-13-16-7-11(19(20)21)12(17-13)18(2)8-9-5-3-4-6-10(9)14/h3-7H,8H2,1-2H3,(H,15,16,17). The van der Waals surface area contributed by atoms with Gasteiger partial charge in [-0.15, -0.1) is 0 Å². The summed E-state index contributed by atoms with van der Waals surface area (Å²) in [7, 11) is 3.42. The zero-order valence-corrected chi connectivity index (χ0v) is 13.2. The van der Waals surface area contributed by atoms with Crippen molar-refractivity contribution >= 4 is 33.4 Å². The lowest BCUT2D eigenvalue weighted by Crippen LogP contribution is -2.20. The van der Waals surface area contributed by atoms with Crippen LogP contribution in [0.1, 0.15) is 5.56 Å². The van der Waals surface area contributed by atoms with Crippen LogP contribution < -0.4 is 10.2 Å². The van der Waals surface area contributed by atoms with E-state index in [-0.39, 0.29) is 11.5 Å². The Labute approximate surface area is 130 Å². The highest BCUT2D eigenvalue weighted by molar-refractivity contribution is 9.10. The van der Waals surface area contributed by atoms with Crippen molar-refractivity contribution in [3.8, 4) is 0 Å². The van der Waals surface area contributed by atoms with E-state index in [1.165, 1.54) is 6.20 Å². The van der Waals surface area contributed by atoms with Gasteiger partial charge in [-0.3, -0.25) is 10.1 Å². The number of hydrogen-bond acceptors (Lipinski definition) is 6. The molecule has 21 heavy (non-hydrogen) atoms. The highest BCUT2D eigenvalue weighted by Gasteiger charge is 2.21. The summed E-state index contributed by atoms with van der Waals surface area (Å²) in [4.78, 5) is 20.4. The van der Waals surface area contributed by atoms with E-state index >= 15 is 0 Å². The molecule has 0 bridgehead atoms. The third kappa shape index (κ3) is 3.46. The fraction of sp³-hybridized carbons (Fsp3) is 0.231. The van der Waals surface area contributed by atoms with Crippen LogP contribution in [-0.4, -0.2) is 29.0 Å². The normalized spacial score (nSPS) is 10.2. The van der Waals surface area contributed by atoms with Gasteiger partial charge in [0.15, 0.2) is 0 Å². The molecular formula is C13H14BrN5O2. The van der Waals surface area contributed by atoms with Crippen LogP contribution in [0.5, 0.6) is 0 Å². The van der Waals surface area contributed by atoms with Gasteiger partial charge in [-0.25, -0.2) is 4.98 Å². The molecule has 1 N–H and O–H groups in total. The summed E-state index contributed by atoms with van der Waals surface area (Å²) in [6, 6.07) is 7.71. The maximum absolute atomic E-state index is 11.1. The second-order valence-corrected chi connectivity index (χ2v) is 5.21. The van der Waals surface area contributed by atoms with E-state index in [0.717, 1.165) is 10.0 Å². The molecule has 7 nitrogen and oxygen atoms in total. The molecule has 2 aromatic rings. The van der Waals surface area contributed by atoms with Crippen molar-refractivity contribution in [3.05, 3.63) is 50.6 Å². The van der Waals surface area contributed by atoms with Crippen molar-refractivity contribution in [1.29, 1.82) is 0 Å². The van der Waals surface area contributed by atoms with Crippen LogP contribution in [0.3, 0.4) is 0 Å². The number of rotatable bonds is 5. The number of benzene rings is 1. The van der Waals surface area contributed by atoms with E-state index in [2.05, 4.69) is 31.2 Å². The Kier molecular flexibility index (Phi) is 4.69. The van der Waals surface area contributed by atoms with Gasteiger partial charge in [0.05, 0.1) is 4.92 Å². The molecule has 0 spiro atoms. The second kappa shape index (κ2) is 6.49. The summed E-state index contributed by atoms with van der Waals surface area (Å²) >= 11 is 3.47. The van der Waals surface area contributed by atoms with Gasteiger partial charge in [0.2, 0.25) is 11.8 Å². The zero-order chi connectivity index (χ0) is 15.4. The minimum absolute atomic E-state index is 0.122. The van der Waals surface area contributed by atoms with Crippen LogP contribution in [0.2, 0.25) is 0 Å². The first kappa shape index (κ1) is 15.2. The lowest BCUT2D eigenvalue weighted by Gasteiger charge is -2.19. The molecule has 0 aliphatic heterocycles. The maximum atomic E-state index is 11.1. The molecule has 110 valence electrons. The number of nitrogens with one attached hydrogen (secondary N) is 1. The first-order valence-corrected chi connectivity index (χ1v) is 6.96. The number of anilines is 2. The lowest BCUT2D eigenvalue weighted by molar-refractivity contribution is -0.384. The SMILES string of the molecule is CNc1ncc([N+](=O)[O-])c(N(C)Cc2ccccc2Br)n1. The van der Waals surface area contributed by atoms with E-state index in [1.54, 1.807) is 19.0 Å². The van der Waals surface area contributed by atoms with Crippen molar-refractivity contribution in [1.82, 2.24) is 9.97 Å². The number of nitrogens with zero attached hydrogens (tertiary/aromatic N) is 4. The van der Waals surface area contributed by atoms with Gasteiger partial charge in [-0.2, -0.15) is 4.98 Å². The summed E-state index contributed by atoms with van der Waals surface area (Å²) in [5.41, 5.74) is 0.891. The molecule has 1 heterocycles. The Balaban J connectivity index is 2.35. The van der Waals surface area contributed by atoms with Gasteiger partial charge in [0.1, 0.15) is 6.20 Å². The fourth-order valence-electron chi connectivity index (χ4n) is 1.85. The molecule has 0 aliphatic rings. The Morgan fingerprint density at radius 3 is 2.76 bits per heavy atom. The second-order valence-electron chi connectivity index (χ2n) is 4.36. The largest absolute Gasteiger partial charge is 0.357 e. The van der Waals surface area contributed by atoms with Gasteiger partial charge in [-0.1, -0.05) is 34.1 Å². The van der Waals surface area contributed by atoms with E-state index < -0.39 is 4.92 Å². The summed E-state index contributed by atoms with van der Waals surface area (Å²) < 4.78 is 0.947. The van der Waals surface area contributed by atoms with Gasteiger partial charge in [0, 0.05) is 25.1 Å². The maximum Gasteiger partial charge on any atom is 0.329 e. The third-order valence-corrected chi connectivity index (χ3v) is 3.67. The predicted molar refractivity (Wildman–Crippen MR) is 84.5 cm³/mol. The first-order valence-electron chi connectivity index (χ1n) is 6.16. The van der Waals surface area contributed by atoms with Crippen LogP contribution in [0.25, 0.3) is 0 Å². The van der Waals surface area contributed by atoms with E-state index in [9.17, 15) is 10.1 Å². The van der Waals surface area contributed by atoms with E-state index in [4.69, 9.17) is 0 Å². The summed E-state index contributed by atoms with van der Waals surface area (Å²) in [5.74, 6) is 0.615. The monoisotopic (exact) mass is 351 g/mol. The van der Waals surface area contributed by atoms with Crippen molar-refractivity contribution < 1.29 is 4.92 Å². The first-order chi connectivity index (χ1) is 10.0. The molecule has 0 unspecified atom stereocenters. The molecule has 0 fully saturated rings. The number of halogens is 1. The van der Waals surface area contributed by atoms with Crippen molar-refractivity contribution in [2.75, 3.05) is 24.3 Å². The minimum atomic E-state index is -0.481. The Morgan fingerprint density at radius 2 is 2.14 bits per heavy atom. The zero-order valence-electron chi connectivity index (χ0n) is 11.6. The molecule has 0 atom stereocenters. The molecule has 1 aromatic carbocycles. The topological polar surface area (TPSA) is 84.2 Å². The molecule has 2 rings (SSSR count). The average Bonchev–Trinajstić information content (AvgIpc) is 2.48. The summed E-state index contributed by atoms with van der Waals surface area (Å²) in [6.45, 7) is 0.489. The van der Waals surface area contributed by atoms with Crippen LogP contribution in [0.4, 0.5) is 17.5 Å². The Hall–Kier alpha value is -2.22. The van der Waals surface area contributed by atoms with Crippen molar-refractivity contribution in [2.24, 2.45) is 0 Å². The van der Waals surface area contributed by atoms with E-state index in [0.29, 0.717) is 12.5 Å². The number of hydrogen-bond donors (Lipinski definition) is 1. The number of aromatic nitrogens is 2. The average molecular weight is 352 g/mol. The number of nitro groups is 1. The van der Waals surface area contributed by atoms with Crippen LogP contribution in [0.15, 0.2) is 34.9 Å². The van der Waals surface area contributed by atoms with Crippen molar-refractivity contribution in [3.63, 3.8) is 0 Å². The highest BCUT2D eigenvalue weighted by atomic mass is 79.9. The van der Waals surface area contributed by atoms with Gasteiger partial charge in [0.25, 0.3) is 0 Å². The van der Waals surface area contributed by atoms with Crippen LogP contribution in [0, 0.1) is 10.1 Å². The molecule has 0 amide bonds. The van der Waals surface area contributed by atoms with Crippen molar-refractivity contribution in [2.45, 2.75) is 6.54 Å². The predicted octanol–water partition coefficient (Wildman–Crippen LogP) is 2.83. The molecule has 0 radical (unpaired) electrons. The summed E-state index contributed by atoms with van der Waals surface area (Å²) in [6.07, 6.45) is 1.21. The lowest BCUT2D eigenvalue weighted by atomic mass is 10.2. The summed E-state index contributed by atoms with van der Waals surface area (Å²) in [5, 5.41) is 13.9. The van der Waals surface area contributed by atoms with Crippen LogP contribution in [-0.2, 0) is 6.54 Å². The van der Waals surface area contributed by atoms with Crippen LogP contribution >= 0.6 is 15.9 Å². The highest BCUT2D eigenvalue weighted by Crippen LogP contribution is 2.27. The quantitative estimate of drug-likeness (QED) is 0.658. The van der Waals surface area contributed by atoms with E-state index in [1.807, 2.05) is 24.3 Å². The molecule has 0 aliphatic carbocycles. The Bertz CT molecular complexity index is 665. The molecule has 0 saturated heterocycles. The molecule has 0 saturated carbocycles. The van der Waals surface area contributed by atoms with Gasteiger partial charge < -0.3 is 10.2 Å². The smallest absolute Gasteiger partial charge is 0.329 e. The fourth-order valence-corrected chi connectivity index (χ4v) is 2.26. The van der Waals surface area contributed by atoms with Gasteiger partial charge >= 0.3 is 5.69 Å². The third-order valence-electron chi connectivity index (χ3n) is 2.90. The molecule has 1 aromatic heterocycles. The van der Waals surface area contributed by atoms with Gasteiger partial charge in [-0.05, 0) is 11.6 Å². The Morgan fingerprint density at radius 1 is 1.43 bits per heavy atom.